The van der Waals surface area contributed by atoms with Gasteiger partial charge in [-0.3, -0.25) is 0 Å². The van der Waals surface area contributed by atoms with Gasteiger partial charge in [0.05, 0.1) is 12.6 Å². The zero-order valence-corrected chi connectivity index (χ0v) is 13.7. The van der Waals surface area contributed by atoms with E-state index in [0.29, 0.717) is 6.61 Å². The molecule has 1 N–H and O–H groups in total. The summed E-state index contributed by atoms with van der Waals surface area (Å²) in [6.45, 7) is 7.66. The molecule has 20 heavy (non-hydrogen) atoms. The van der Waals surface area contributed by atoms with Gasteiger partial charge in [-0.25, -0.2) is 0 Å². The molecule has 3 nitrogen and oxygen atoms in total. The maximum atomic E-state index is 5.75. The first-order valence-corrected chi connectivity index (χ1v) is 7.67. The normalized spacial score (nSPS) is 12.4. The summed E-state index contributed by atoms with van der Waals surface area (Å²) in [6, 6.07) is 10.1. The number of hydrogen-bond donors (Lipinski definition) is 1. The summed E-state index contributed by atoms with van der Waals surface area (Å²) in [7, 11) is 0. The van der Waals surface area contributed by atoms with Gasteiger partial charge in [-0.15, -0.1) is 0 Å². The maximum absolute atomic E-state index is 5.75. The lowest BCUT2D eigenvalue weighted by Crippen LogP contribution is -2.22. The highest BCUT2D eigenvalue weighted by atomic mass is 79.9. The third-order valence-corrected chi connectivity index (χ3v) is 3.49. The smallest absolute Gasteiger partial charge is 0.169 e. The van der Waals surface area contributed by atoms with E-state index in [2.05, 4.69) is 47.2 Å². The Morgan fingerprint density at radius 1 is 1.25 bits per heavy atom. The van der Waals surface area contributed by atoms with Gasteiger partial charge in [-0.2, -0.15) is 0 Å². The minimum atomic E-state index is -0.00671. The number of halogens is 1. The summed E-state index contributed by atoms with van der Waals surface area (Å²) >= 11 is 3.36. The second kappa shape index (κ2) is 6.95. The van der Waals surface area contributed by atoms with Gasteiger partial charge in [0.2, 0.25) is 0 Å². The van der Waals surface area contributed by atoms with E-state index < -0.39 is 0 Å². The van der Waals surface area contributed by atoms with Gasteiger partial charge in [0.15, 0.2) is 4.67 Å². The Balaban J connectivity index is 2.45. The van der Waals surface area contributed by atoms with Crippen LogP contribution < -0.4 is 10.1 Å². The van der Waals surface area contributed by atoms with E-state index in [9.17, 15) is 0 Å². The van der Waals surface area contributed by atoms with Crippen LogP contribution in [0.25, 0.3) is 0 Å². The highest BCUT2D eigenvalue weighted by Gasteiger charge is 2.21. The van der Waals surface area contributed by atoms with Crippen molar-refractivity contribution in [3.05, 3.63) is 51.9 Å². The quantitative estimate of drug-likeness (QED) is 0.845. The Morgan fingerprint density at radius 2 is 2.05 bits per heavy atom. The van der Waals surface area contributed by atoms with Crippen molar-refractivity contribution in [3.8, 4) is 5.75 Å². The maximum Gasteiger partial charge on any atom is 0.169 e. The van der Waals surface area contributed by atoms with Crippen LogP contribution in [0.15, 0.2) is 39.4 Å². The highest BCUT2D eigenvalue weighted by Crippen LogP contribution is 2.32. The Hall–Kier alpha value is -1.26. The number of benzene rings is 1. The second-order valence-electron chi connectivity index (χ2n) is 4.61. The van der Waals surface area contributed by atoms with Gasteiger partial charge in [-0.05, 0) is 54.5 Å². The molecule has 1 heterocycles. The van der Waals surface area contributed by atoms with Gasteiger partial charge in [0.1, 0.15) is 11.5 Å². The van der Waals surface area contributed by atoms with Crippen LogP contribution in [0.1, 0.15) is 36.8 Å². The molecule has 0 radical (unpaired) electrons. The van der Waals surface area contributed by atoms with Crippen molar-refractivity contribution in [1.82, 2.24) is 5.32 Å². The number of ether oxygens (including phenoxy) is 1. The molecular weight excluding hydrogens is 318 g/mol. The molecule has 0 spiro atoms. The first kappa shape index (κ1) is 15.1. The summed E-state index contributed by atoms with van der Waals surface area (Å²) in [5.41, 5.74) is 2.31. The topological polar surface area (TPSA) is 34.4 Å². The Kier molecular flexibility index (Phi) is 5.26. The molecule has 0 fully saturated rings. The van der Waals surface area contributed by atoms with Gasteiger partial charge in [-0.1, -0.05) is 24.6 Å². The lowest BCUT2D eigenvalue weighted by Gasteiger charge is -2.20. The van der Waals surface area contributed by atoms with Crippen LogP contribution >= 0.6 is 15.9 Å². The highest BCUT2D eigenvalue weighted by molar-refractivity contribution is 9.10. The fourth-order valence-corrected chi connectivity index (χ4v) is 2.55. The summed E-state index contributed by atoms with van der Waals surface area (Å²) in [5.74, 6) is 1.78. The standard InChI is InChI=1S/C16H20BrNO2/c1-4-18-16(14-8-9-15(17)20-14)12-10-11(3)6-7-13(12)19-5-2/h6-10,16,18H,4-5H2,1-3H3. The van der Waals surface area contributed by atoms with Crippen molar-refractivity contribution in [3.63, 3.8) is 0 Å². The van der Waals surface area contributed by atoms with Crippen molar-refractivity contribution in [1.29, 1.82) is 0 Å². The van der Waals surface area contributed by atoms with Crippen LogP contribution in [0, 0.1) is 6.92 Å². The number of rotatable bonds is 6. The van der Waals surface area contributed by atoms with Crippen LogP contribution in [-0.4, -0.2) is 13.2 Å². The van der Waals surface area contributed by atoms with Crippen LogP contribution in [0.2, 0.25) is 0 Å². The minimum absolute atomic E-state index is 0.00671. The first-order valence-electron chi connectivity index (χ1n) is 6.87. The minimum Gasteiger partial charge on any atom is -0.494 e. The van der Waals surface area contributed by atoms with Gasteiger partial charge in [0.25, 0.3) is 0 Å². The van der Waals surface area contributed by atoms with Crippen molar-refractivity contribution in [2.24, 2.45) is 0 Å². The summed E-state index contributed by atoms with van der Waals surface area (Å²) in [4.78, 5) is 0. The molecule has 0 aliphatic carbocycles. The molecule has 0 aliphatic heterocycles. The Labute approximate surface area is 128 Å². The molecule has 2 rings (SSSR count). The molecule has 4 heteroatoms. The van der Waals surface area contributed by atoms with E-state index in [1.165, 1.54) is 5.56 Å². The second-order valence-corrected chi connectivity index (χ2v) is 5.39. The third-order valence-electron chi connectivity index (χ3n) is 3.06. The number of furan rings is 1. The van der Waals surface area contributed by atoms with Gasteiger partial charge < -0.3 is 14.5 Å². The lowest BCUT2D eigenvalue weighted by atomic mass is 10.0. The zero-order valence-electron chi connectivity index (χ0n) is 12.1. The fourth-order valence-electron chi connectivity index (χ4n) is 2.23. The number of nitrogens with one attached hydrogen (secondary N) is 1. The molecular formula is C16H20BrNO2. The average Bonchev–Trinajstić information content (AvgIpc) is 2.85. The van der Waals surface area contributed by atoms with Crippen molar-refractivity contribution >= 4 is 15.9 Å². The molecule has 0 saturated heterocycles. The molecule has 0 saturated carbocycles. The predicted octanol–water partition coefficient (Wildman–Crippen LogP) is 4.45. The molecule has 2 aromatic rings. The van der Waals surface area contributed by atoms with Gasteiger partial charge >= 0.3 is 0 Å². The van der Waals surface area contributed by atoms with E-state index >= 15 is 0 Å². The Morgan fingerprint density at radius 3 is 2.65 bits per heavy atom. The molecule has 1 unspecified atom stereocenters. The van der Waals surface area contributed by atoms with E-state index in [4.69, 9.17) is 9.15 Å². The first-order chi connectivity index (χ1) is 9.65. The molecule has 0 aliphatic rings. The molecule has 1 atom stereocenters. The molecule has 0 amide bonds. The monoisotopic (exact) mass is 337 g/mol. The predicted molar refractivity (Wildman–Crippen MR) is 84.3 cm³/mol. The number of hydrogen-bond acceptors (Lipinski definition) is 3. The third kappa shape index (κ3) is 3.44. The lowest BCUT2D eigenvalue weighted by molar-refractivity contribution is 0.330. The average molecular weight is 338 g/mol. The SMILES string of the molecule is CCNC(c1ccc(Br)o1)c1cc(C)ccc1OCC. The van der Waals surface area contributed by atoms with Crippen LogP contribution in [-0.2, 0) is 0 Å². The van der Waals surface area contributed by atoms with E-state index in [0.717, 1.165) is 28.3 Å². The van der Waals surface area contributed by atoms with E-state index in [-0.39, 0.29) is 6.04 Å². The largest absolute Gasteiger partial charge is 0.494 e. The molecule has 1 aromatic carbocycles. The van der Waals surface area contributed by atoms with Crippen LogP contribution in [0.5, 0.6) is 5.75 Å². The van der Waals surface area contributed by atoms with Crippen molar-refractivity contribution in [2.45, 2.75) is 26.8 Å². The van der Waals surface area contributed by atoms with Crippen molar-refractivity contribution in [2.75, 3.05) is 13.2 Å². The van der Waals surface area contributed by atoms with Crippen molar-refractivity contribution < 1.29 is 9.15 Å². The summed E-state index contributed by atoms with van der Waals surface area (Å²) < 4.78 is 12.2. The van der Waals surface area contributed by atoms with E-state index in [1.807, 2.05) is 25.1 Å². The van der Waals surface area contributed by atoms with Crippen LogP contribution in [0.3, 0.4) is 0 Å². The summed E-state index contributed by atoms with van der Waals surface area (Å²) in [6.07, 6.45) is 0. The van der Waals surface area contributed by atoms with E-state index in [1.54, 1.807) is 0 Å². The van der Waals surface area contributed by atoms with Gasteiger partial charge in [0, 0.05) is 5.56 Å². The number of aryl methyl sites for hydroxylation is 1. The molecule has 0 bridgehead atoms. The Bertz CT molecular complexity index is 565. The summed E-state index contributed by atoms with van der Waals surface area (Å²) in [5, 5.41) is 3.46. The van der Waals surface area contributed by atoms with Crippen LogP contribution in [0.4, 0.5) is 0 Å². The fraction of sp³-hybridized carbons (Fsp3) is 0.375. The zero-order chi connectivity index (χ0) is 14.5. The molecule has 108 valence electrons. The molecule has 1 aromatic heterocycles.